The third-order valence-corrected chi connectivity index (χ3v) is 4.82. The molecule has 3 aromatic rings. The van der Waals surface area contributed by atoms with Crippen molar-refractivity contribution >= 4 is 33.1 Å². The van der Waals surface area contributed by atoms with Crippen LogP contribution in [0.25, 0.3) is 10.2 Å². The lowest BCUT2D eigenvalue weighted by Gasteiger charge is -2.04. The molecule has 3 rings (SSSR count). The van der Waals surface area contributed by atoms with Gasteiger partial charge in [-0.15, -0.1) is 11.3 Å². The number of hydrogen-bond acceptors (Lipinski definition) is 4. The molecule has 1 aromatic carbocycles. The fourth-order valence-corrected chi connectivity index (χ4v) is 3.52. The predicted molar refractivity (Wildman–Crippen MR) is 93.3 cm³/mol. The molecule has 23 heavy (non-hydrogen) atoms. The largest absolute Gasteiger partial charge is 0.321 e. The molecule has 0 aliphatic heterocycles. The highest BCUT2D eigenvalue weighted by Gasteiger charge is 2.19. The summed E-state index contributed by atoms with van der Waals surface area (Å²) in [5.74, 6) is -0.210. The van der Waals surface area contributed by atoms with Gasteiger partial charge >= 0.3 is 0 Å². The zero-order valence-electron chi connectivity index (χ0n) is 13.0. The van der Waals surface area contributed by atoms with Gasteiger partial charge in [0.2, 0.25) is 0 Å². The van der Waals surface area contributed by atoms with Gasteiger partial charge in [-0.1, -0.05) is 25.1 Å². The fraction of sp³-hybridized carbons (Fsp3) is 0.235. The molecule has 5 nitrogen and oxygen atoms in total. The lowest BCUT2D eigenvalue weighted by Crippen LogP contribution is -2.20. The minimum Gasteiger partial charge on any atom is -0.321 e. The number of hydrogen-bond donors (Lipinski definition) is 1. The summed E-state index contributed by atoms with van der Waals surface area (Å²) in [6.07, 6.45) is 2.42. The van der Waals surface area contributed by atoms with Crippen LogP contribution in [-0.4, -0.2) is 15.5 Å². The van der Waals surface area contributed by atoms with Crippen molar-refractivity contribution < 1.29 is 4.79 Å². The molecular formula is C17H17N3O2S. The van der Waals surface area contributed by atoms with E-state index in [0.717, 1.165) is 12.1 Å². The van der Waals surface area contributed by atoms with Crippen LogP contribution < -0.4 is 10.9 Å². The van der Waals surface area contributed by atoms with E-state index >= 15 is 0 Å². The Morgan fingerprint density at radius 1 is 1.30 bits per heavy atom. The summed E-state index contributed by atoms with van der Waals surface area (Å²) < 4.78 is 1.60. The Balaban J connectivity index is 2.02. The Bertz CT molecular complexity index is 913. The van der Waals surface area contributed by atoms with Crippen molar-refractivity contribution in [3.8, 4) is 0 Å². The molecule has 2 aromatic heterocycles. The molecule has 0 fully saturated rings. The average molecular weight is 327 g/mol. The number of anilines is 1. The molecule has 0 unspecified atom stereocenters. The molecule has 118 valence electrons. The first-order chi connectivity index (χ1) is 11.1. The molecule has 0 saturated carbocycles. The van der Waals surface area contributed by atoms with Gasteiger partial charge in [0.25, 0.3) is 11.5 Å². The van der Waals surface area contributed by atoms with Gasteiger partial charge in [-0.3, -0.25) is 14.2 Å². The Hall–Kier alpha value is -2.47. The number of aromatic nitrogens is 2. The average Bonchev–Trinajstić information content (AvgIpc) is 2.89. The lowest BCUT2D eigenvalue weighted by molar-refractivity contribution is 0.103. The first-order valence-corrected chi connectivity index (χ1v) is 8.28. The highest BCUT2D eigenvalue weighted by Crippen LogP contribution is 2.27. The van der Waals surface area contributed by atoms with E-state index in [9.17, 15) is 9.59 Å². The first kappa shape index (κ1) is 15.4. The number of thiophene rings is 1. The second-order valence-corrected chi connectivity index (χ2v) is 6.30. The van der Waals surface area contributed by atoms with E-state index in [1.807, 2.05) is 37.3 Å². The molecule has 0 aliphatic rings. The number of nitrogens with one attached hydrogen (secondary N) is 1. The van der Waals surface area contributed by atoms with Gasteiger partial charge in [0, 0.05) is 12.2 Å². The van der Waals surface area contributed by atoms with Gasteiger partial charge in [-0.2, -0.15) is 0 Å². The summed E-state index contributed by atoms with van der Waals surface area (Å²) >= 11 is 1.26. The van der Waals surface area contributed by atoms with E-state index in [1.54, 1.807) is 17.8 Å². The van der Waals surface area contributed by atoms with Crippen molar-refractivity contribution in [2.75, 3.05) is 5.32 Å². The summed E-state index contributed by atoms with van der Waals surface area (Å²) in [4.78, 5) is 30.5. The molecule has 0 bridgehead atoms. The molecule has 1 amide bonds. The van der Waals surface area contributed by atoms with Gasteiger partial charge < -0.3 is 5.32 Å². The SMILES string of the molecule is CCCn1cnc2sc(C(=O)Nc3ccccc3)c(C)c2c1=O. The van der Waals surface area contributed by atoms with Crippen LogP contribution in [0.1, 0.15) is 28.6 Å². The van der Waals surface area contributed by atoms with Crippen molar-refractivity contribution in [2.45, 2.75) is 26.8 Å². The van der Waals surface area contributed by atoms with Crippen LogP contribution >= 0.6 is 11.3 Å². The predicted octanol–water partition coefficient (Wildman–Crippen LogP) is 3.43. The van der Waals surface area contributed by atoms with Gasteiger partial charge in [0.15, 0.2) is 0 Å². The van der Waals surface area contributed by atoms with Gasteiger partial charge in [-0.25, -0.2) is 4.98 Å². The van der Waals surface area contributed by atoms with Crippen molar-refractivity contribution in [2.24, 2.45) is 0 Å². The van der Waals surface area contributed by atoms with E-state index in [2.05, 4.69) is 10.3 Å². The van der Waals surface area contributed by atoms with Gasteiger partial charge in [0.05, 0.1) is 16.6 Å². The second-order valence-electron chi connectivity index (χ2n) is 5.30. The summed E-state index contributed by atoms with van der Waals surface area (Å²) in [5.41, 5.74) is 1.34. The number of rotatable bonds is 4. The van der Waals surface area contributed by atoms with Crippen LogP contribution in [0, 0.1) is 6.92 Å². The molecule has 0 atom stereocenters. The number of fused-ring (bicyclic) bond motifs is 1. The number of benzene rings is 1. The van der Waals surface area contributed by atoms with E-state index < -0.39 is 0 Å². The lowest BCUT2D eigenvalue weighted by atomic mass is 10.2. The van der Waals surface area contributed by atoms with Crippen LogP contribution in [0.2, 0.25) is 0 Å². The summed E-state index contributed by atoms with van der Waals surface area (Å²) in [6.45, 7) is 4.44. The molecule has 1 N–H and O–H groups in total. The number of aryl methyl sites for hydroxylation is 2. The normalized spacial score (nSPS) is 10.9. The topological polar surface area (TPSA) is 64.0 Å². The van der Waals surface area contributed by atoms with Crippen LogP contribution in [0.3, 0.4) is 0 Å². The van der Waals surface area contributed by atoms with Gasteiger partial charge in [-0.05, 0) is 31.0 Å². The smallest absolute Gasteiger partial charge is 0.266 e. The Morgan fingerprint density at radius 3 is 2.74 bits per heavy atom. The van der Waals surface area contributed by atoms with Crippen LogP contribution in [0.4, 0.5) is 5.69 Å². The minimum atomic E-state index is -0.210. The summed E-state index contributed by atoms with van der Waals surface area (Å²) in [7, 11) is 0. The monoisotopic (exact) mass is 327 g/mol. The zero-order chi connectivity index (χ0) is 16.4. The van der Waals surface area contributed by atoms with Crippen molar-refractivity contribution in [3.05, 3.63) is 57.5 Å². The minimum absolute atomic E-state index is 0.0793. The Labute approximate surface area is 137 Å². The highest BCUT2D eigenvalue weighted by atomic mass is 32.1. The maximum Gasteiger partial charge on any atom is 0.266 e. The molecular weight excluding hydrogens is 310 g/mol. The Morgan fingerprint density at radius 2 is 2.04 bits per heavy atom. The van der Waals surface area contributed by atoms with E-state index in [-0.39, 0.29) is 11.5 Å². The number of para-hydroxylation sites is 1. The number of carbonyl (C=O) groups excluding carboxylic acids is 1. The van der Waals surface area contributed by atoms with Crippen molar-refractivity contribution in [3.63, 3.8) is 0 Å². The molecule has 0 spiro atoms. The van der Waals surface area contributed by atoms with Gasteiger partial charge in [0.1, 0.15) is 4.83 Å². The van der Waals surface area contributed by atoms with Crippen LogP contribution in [0.15, 0.2) is 41.5 Å². The molecule has 0 radical (unpaired) electrons. The maximum absolute atomic E-state index is 12.5. The maximum atomic E-state index is 12.5. The number of amides is 1. The third-order valence-electron chi connectivity index (χ3n) is 3.62. The highest BCUT2D eigenvalue weighted by molar-refractivity contribution is 7.20. The molecule has 0 saturated heterocycles. The number of nitrogens with zero attached hydrogens (tertiary/aromatic N) is 2. The third kappa shape index (κ3) is 2.90. The number of carbonyl (C=O) groups is 1. The van der Waals surface area contributed by atoms with E-state index in [1.165, 1.54) is 11.3 Å². The summed E-state index contributed by atoms with van der Waals surface area (Å²) in [6, 6.07) is 9.26. The van der Waals surface area contributed by atoms with Crippen molar-refractivity contribution in [1.29, 1.82) is 0 Å². The Kier molecular flexibility index (Phi) is 4.25. The van der Waals surface area contributed by atoms with Crippen molar-refractivity contribution in [1.82, 2.24) is 9.55 Å². The van der Waals surface area contributed by atoms with E-state index in [4.69, 9.17) is 0 Å². The second kappa shape index (κ2) is 6.34. The fourth-order valence-electron chi connectivity index (χ4n) is 2.49. The zero-order valence-corrected chi connectivity index (χ0v) is 13.8. The first-order valence-electron chi connectivity index (χ1n) is 7.46. The molecule has 6 heteroatoms. The summed E-state index contributed by atoms with van der Waals surface area (Å²) in [5, 5.41) is 3.40. The quantitative estimate of drug-likeness (QED) is 0.798. The van der Waals surface area contributed by atoms with E-state index in [0.29, 0.717) is 27.2 Å². The molecule has 2 heterocycles. The standard InChI is InChI=1S/C17H17N3O2S/c1-3-9-20-10-18-16-13(17(20)22)11(2)14(23-16)15(21)19-12-7-5-4-6-8-12/h4-8,10H,3,9H2,1-2H3,(H,19,21). The molecule has 0 aliphatic carbocycles. The van der Waals surface area contributed by atoms with Crippen LogP contribution in [0.5, 0.6) is 0 Å². The van der Waals surface area contributed by atoms with Crippen LogP contribution in [-0.2, 0) is 6.54 Å².